The number of hydrogen-bond acceptors (Lipinski definition) is 3. The van der Waals surface area contributed by atoms with Gasteiger partial charge < -0.3 is 9.72 Å². The third kappa shape index (κ3) is 2.22. The maximum atomic E-state index is 11.4. The smallest absolute Gasteiger partial charge is 0.381 e. The summed E-state index contributed by atoms with van der Waals surface area (Å²) in [6, 6.07) is 3.38. The van der Waals surface area contributed by atoms with Gasteiger partial charge in [0.1, 0.15) is 0 Å². The van der Waals surface area contributed by atoms with E-state index in [1.807, 2.05) is 6.92 Å². The zero-order valence-corrected chi connectivity index (χ0v) is 8.29. The molecule has 0 fully saturated rings. The minimum absolute atomic E-state index is 0.214. The van der Waals surface area contributed by atoms with Gasteiger partial charge >= 0.3 is 5.97 Å². The van der Waals surface area contributed by atoms with Gasteiger partial charge in [-0.25, -0.2) is 4.79 Å². The van der Waals surface area contributed by atoms with Gasteiger partial charge in [-0.2, -0.15) is 0 Å². The SMILES string of the molecule is CCOC(=O)C(=O)c1ccc(CC)[nH]1. The summed E-state index contributed by atoms with van der Waals surface area (Å²) in [5, 5.41) is 0. The zero-order chi connectivity index (χ0) is 10.6. The molecule has 0 spiro atoms. The van der Waals surface area contributed by atoms with Gasteiger partial charge in [0.15, 0.2) is 0 Å². The number of aromatic amines is 1. The first-order valence-electron chi connectivity index (χ1n) is 4.58. The van der Waals surface area contributed by atoms with Crippen LogP contribution in [-0.2, 0) is 16.0 Å². The van der Waals surface area contributed by atoms with E-state index in [0.29, 0.717) is 5.69 Å². The normalized spacial score (nSPS) is 9.86. The topological polar surface area (TPSA) is 59.2 Å². The molecule has 4 nitrogen and oxygen atoms in total. The second-order valence-corrected chi connectivity index (χ2v) is 2.80. The molecule has 0 bridgehead atoms. The average Bonchev–Trinajstić information content (AvgIpc) is 2.65. The molecule has 1 aromatic heterocycles. The van der Waals surface area contributed by atoms with Crippen LogP contribution in [0.3, 0.4) is 0 Å². The molecule has 14 heavy (non-hydrogen) atoms. The van der Waals surface area contributed by atoms with Crippen molar-refractivity contribution in [2.45, 2.75) is 20.3 Å². The number of aryl methyl sites for hydroxylation is 1. The molecule has 1 heterocycles. The van der Waals surface area contributed by atoms with Crippen molar-refractivity contribution in [1.29, 1.82) is 0 Å². The minimum atomic E-state index is -0.808. The van der Waals surface area contributed by atoms with E-state index in [2.05, 4.69) is 9.72 Å². The number of carbonyl (C=O) groups is 2. The van der Waals surface area contributed by atoms with Gasteiger partial charge in [0.2, 0.25) is 0 Å². The van der Waals surface area contributed by atoms with Crippen LogP contribution in [0.25, 0.3) is 0 Å². The summed E-state index contributed by atoms with van der Waals surface area (Å²) >= 11 is 0. The largest absolute Gasteiger partial charge is 0.460 e. The van der Waals surface area contributed by atoms with Crippen LogP contribution in [0.15, 0.2) is 12.1 Å². The molecule has 1 N–H and O–H groups in total. The Morgan fingerprint density at radius 1 is 1.36 bits per heavy atom. The first-order valence-corrected chi connectivity index (χ1v) is 4.58. The summed E-state index contributed by atoms with van der Waals surface area (Å²) in [5.41, 5.74) is 1.22. The monoisotopic (exact) mass is 195 g/mol. The highest BCUT2D eigenvalue weighted by molar-refractivity contribution is 6.40. The van der Waals surface area contributed by atoms with E-state index >= 15 is 0 Å². The van der Waals surface area contributed by atoms with Crippen LogP contribution in [0.2, 0.25) is 0 Å². The molecule has 1 aromatic rings. The maximum absolute atomic E-state index is 11.4. The lowest BCUT2D eigenvalue weighted by molar-refractivity contribution is -0.137. The predicted molar refractivity (Wildman–Crippen MR) is 51.1 cm³/mol. The molecule has 0 aromatic carbocycles. The summed E-state index contributed by atoms with van der Waals surface area (Å²) in [7, 11) is 0. The fourth-order valence-corrected chi connectivity index (χ4v) is 1.09. The Bertz CT molecular complexity index is 341. The molecule has 76 valence electrons. The molecule has 0 saturated carbocycles. The summed E-state index contributed by atoms with van der Waals surface area (Å²) in [6.07, 6.45) is 0.802. The fraction of sp³-hybridized carbons (Fsp3) is 0.400. The average molecular weight is 195 g/mol. The van der Waals surface area contributed by atoms with Crippen LogP contribution in [-0.4, -0.2) is 23.3 Å². The molecule has 0 radical (unpaired) electrons. The number of hydrogen-bond donors (Lipinski definition) is 1. The number of esters is 1. The number of Topliss-reactive ketones (excluding diaryl/α,β-unsaturated/α-hetero) is 1. The third-order valence-corrected chi connectivity index (χ3v) is 1.83. The van der Waals surface area contributed by atoms with Crippen LogP contribution in [0.1, 0.15) is 30.0 Å². The lowest BCUT2D eigenvalue weighted by Crippen LogP contribution is -2.17. The molecule has 0 saturated heterocycles. The van der Waals surface area contributed by atoms with Crippen molar-refractivity contribution in [3.05, 3.63) is 23.5 Å². The molecule has 0 aliphatic carbocycles. The van der Waals surface area contributed by atoms with Crippen molar-refractivity contribution >= 4 is 11.8 Å². The molecule has 0 atom stereocenters. The highest BCUT2D eigenvalue weighted by Crippen LogP contribution is 2.04. The Morgan fingerprint density at radius 2 is 2.07 bits per heavy atom. The summed E-state index contributed by atoms with van der Waals surface area (Å²) in [4.78, 5) is 25.3. The Hall–Kier alpha value is -1.58. The van der Waals surface area contributed by atoms with E-state index in [-0.39, 0.29) is 6.61 Å². The van der Waals surface area contributed by atoms with Crippen LogP contribution in [0.4, 0.5) is 0 Å². The van der Waals surface area contributed by atoms with Gasteiger partial charge in [0, 0.05) is 5.69 Å². The standard InChI is InChI=1S/C10H13NO3/c1-3-7-5-6-8(11-7)9(12)10(13)14-4-2/h5-6,11H,3-4H2,1-2H3. The number of ether oxygens (including phenoxy) is 1. The first-order chi connectivity index (χ1) is 6.69. The van der Waals surface area contributed by atoms with Crippen molar-refractivity contribution in [3.63, 3.8) is 0 Å². The summed E-state index contributed by atoms with van der Waals surface area (Å²) in [5.74, 6) is -1.43. The van der Waals surface area contributed by atoms with E-state index < -0.39 is 11.8 Å². The van der Waals surface area contributed by atoms with Gasteiger partial charge in [-0.05, 0) is 25.5 Å². The highest BCUT2D eigenvalue weighted by Gasteiger charge is 2.18. The number of ketones is 1. The van der Waals surface area contributed by atoms with Crippen LogP contribution < -0.4 is 0 Å². The van der Waals surface area contributed by atoms with E-state index in [4.69, 9.17) is 0 Å². The fourth-order valence-electron chi connectivity index (χ4n) is 1.09. The van der Waals surface area contributed by atoms with Crippen LogP contribution in [0.5, 0.6) is 0 Å². The third-order valence-electron chi connectivity index (χ3n) is 1.83. The molecular weight excluding hydrogens is 182 g/mol. The van der Waals surface area contributed by atoms with Crippen molar-refractivity contribution in [2.24, 2.45) is 0 Å². The number of H-pyrrole nitrogens is 1. The van der Waals surface area contributed by atoms with Crippen molar-refractivity contribution in [3.8, 4) is 0 Å². The van der Waals surface area contributed by atoms with Crippen molar-refractivity contribution in [2.75, 3.05) is 6.61 Å². The number of nitrogens with one attached hydrogen (secondary N) is 1. The molecule has 0 aliphatic heterocycles. The van der Waals surface area contributed by atoms with Gasteiger partial charge in [0.05, 0.1) is 12.3 Å². The first kappa shape index (κ1) is 10.5. The lowest BCUT2D eigenvalue weighted by Gasteiger charge is -1.98. The molecule has 0 aliphatic rings. The van der Waals surface area contributed by atoms with Gasteiger partial charge in [-0.3, -0.25) is 4.79 Å². The summed E-state index contributed by atoms with van der Waals surface area (Å²) in [6.45, 7) is 3.84. The van der Waals surface area contributed by atoms with Crippen LogP contribution in [0, 0.1) is 0 Å². The zero-order valence-electron chi connectivity index (χ0n) is 8.29. The quantitative estimate of drug-likeness (QED) is 0.448. The Balaban J connectivity index is 2.74. The molecular formula is C10H13NO3. The van der Waals surface area contributed by atoms with Gasteiger partial charge in [-0.1, -0.05) is 6.92 Å². The van der Waals surface area contributed by atoms with Crippen molar-refractivity contribution < 1.29 is 14.3 Å². The Kier molecular flexibility index (Phi) is 3.45. The predicted octanol–water partition coefficient (Wildman–Crippen LogP) is 1.32. The van der Waals surface area contributed by atoms with Crippen LogP contribution >= 0.6 is 0 Å². The van der Waals surface area contributed by atoms with Crippen molar-refractivity contribution in [1.82, 2.24) is 4.98 Å². The molecule has 1 rings (SSSR count). The number of rotatable bonds is 4. The number of carbonyl (C=O) groups excluding carboxylic acids is 2. The lowest BCUT2D eigenvalue weighted by atomic mass is 10.3. The van der Waals surface area contributed by atoms with E-state index in [0.717, 1.165) is 12.1 Å². The maximum Gasteiger partial charge on any atom is 0.381 e. The molecule has 0 unspecified atom stereocenters. The van der Waals surface area contributed by atoms with E-state index in [1.54, 1.807) is 19.1 Å². The highest BCUT2D eigenvalue weighted by atomic mass is 16.5. The Morgan fingerprint density at radius 3 is 2.57 bits per heavy atom. The second-order valence-electron chi connectivity index (χ2n) is 2.80. The van der Waals surface area contributed by atoms with E-state index in [1.165, 1.54) is 0 Å². The van der Waals surface area contributed by atoms with E-state index in [9.17, 15) is 9.59 Å². The molecule has 0 amide bonds. The van der Waals surface area contributed by atoms with Gasteiger partial charge in [-0.15, -0.1) is 0 Å². The number of aromatic nitrogens is 1. The molecule has 4 heteroatoms. The van der Waals surface area contributed by atoms with Gasteiger partial charge in [0.25, 0.3) is 5.78 Å². The Labute approximate surface area is 82.3 Å². The second kappa shape index (κ2) is 4.60. The summed E-state index contributed by atoms with van der Waals surface area (Å²) < 4.78 is 4.59. The minimum Gasteiger partial charge on any atom is -0.460 e.